The number of aromatic nitrogens is 1. The van der Waals surface area contributed by atoms with E-state index >= 15 is 0 Å². The predicted molar refractivity (Wildman–Crippen MR) is 105 cm³/mol. The Labute approximate surface area is 157 Å². The van der Waals surface area contributed by atoms with Crippen molar-refractivity contribution in [3.05, 3.63) is 23.2 Å². The van der Waals surface area contributed by atoms with Crippen molar-refractivity contribution in [1.29, 1.82) is 0 Å². The average Bonchev–Trinajstić information content (AvgIpc) is 3.08. The van der Waals surface area contributed by atoms with E-state index in [4.69, 9.17) is 16.6 Å². The minimum Gasteiger partial charge on any atom is -0.345 e. The molecule has 0 atom stereocenters. The predicted octanol–water partition coefficient (Wildman–Crippen LogP) is 4.57. The highest BCUT2D eigenvalue weighted by molar-refractivity contribution is 7.22. The van der Waals surface area contributed by atoms with Gasteiger partial charge in [-0.25, -0.2) is 4.98 Å². The second kappa shape index (κ2) is 7.50. The van der Waals surface area contributed by atoms with Crippen LogP contribution >= 0.6 is 22.9 Å². The second-order valence-electron chi connectivity index (χ2n) is 7.16. The van der Waals surface area contributed by atoms with E-state index in [0.29, 0.717) is 16.8 Å². The van der Waals surface area contributed by atoms with Gasteiger partial charge in [-0.1, -0.05) is 48.3 Å². The topological polar surface area (TPSA) is 36.4 Å². The van der Waals surface area contributed by atoms with Crippen LogP contribution in [0.2, 0.25) is 5.02 Å². The van der Waals surface area contributed by atoms with Crippen molar-refractivity contribution in [3.63, 3.8) is 0 Å². The lowest BCUT2D eigenvalue weighted by Gasteiger charge is -2.35. The van der Waals surface area contributed by atoms with Crippen molar-refractivity contribution >= 4 is 44.2 Å². The first kappa shape index (κ1) is 17.1. The first-order valence-corrected chi connectivity index (χ1v) is 10.5. The summed E-state index contributed by atoms with van der Waals surface area (Å²) in [4.78, 5) is 21.6. The molecule has 1 aliphatic carbocycles. The molecule has 25 heavy (non-hydrogen) atoms. The maximum atomic E-state index is 12.6. The normalized spacial score (nSPS) is 19.6. The van der Waals surface area contributed by atoms with E-state index in [0.717, 1.165) is 47.9 Å². The number of para-hydroxylation sites is 1. The maximum Gasteiger partial charge on any atom is 0.222 e. The van der Waals surface area contributed by atoms with Crippen LogP contribution in [0.3, 0.4) is 0 Å². The summed E-state index contributed by atoms with van der Waals surface area (Å²) in [6.45, 7) is 3.31. The van der Waals surface area contributed by atoms with E-state index < -0.39 is 0 Å². The van der Waals surface area contributed by atoms with Gasteiger partial charge in [-0.15, -0.1) is 0 Å². The lowest BCUT2D eigenvalue weighted by molar-refractivity contribution is -0.132. The Morgan fingerprint density at radius 1 is 1.16 bits per heavy atom. The number of hydrogen-bond donors (Lipinski definition) is 0. The van der Waals surface area contributed by atoms with Crippen LogP contribution in [0.25, 0.3) is 10.2 Å². The summed E-state index contributed by atoms with van der Waals surface area (Å²) in [5.74, 6) is 0.963. The molecule has 134 valence electrons. The van der Waals surface area contributed by atoms with Crippen molar-refractivity contribution in [2.45, 2.75) is 38.5 Å². The minimum absolute atomic E-state index is 0.346. The molecule has 1 aromatic carbocycles. The maximum absolute atomic E-state index is 12.6. The monoisotopic (exact) mass is 377 g/mol. The number of piperazine rings is 1. The Hall–Kier alpha value is -1.33. The van der Waals surface area contributed by atoms with Crippen molar-refractivity contribution in [1.82, 2.24) is 9.88 Å². The van der Waals surface area contributed by atoms with Crippen LogP contribution in [0.1, 0.15) is 38.5 Å². The lowest BCUT2D eigenvalue weighted by Crippen LogP contribution is -2.49. The molecule has 1 aliphatic heterocycles. The van der Waals surface area contributed by atoms with E-state index in [1.54, 1.807) is 11.3 Å². The van der Waals surface area contributed by atoms with E-state index in [2.05, 4.69) is 11.0 Å². The summed E-state index contributed by atoms with van der Waals surface area (Å²) in [6, 6.07) is 5.91. The van der Waals surface area contributed by atoms with Gasteiger partial charge in [0.2, 0.25) is 5.91 Å². The van der Waals surface area contributed by atoms with Gasteiger partial charge in [0, 0.05) is 32.6 Å². The molecule has 2 aromatic rings. The Kier molecular flexibility index (Phi) is 5.13. The van der Waals surface area contributed by atoms with Crippen molar-refractivity contribution in [2.75, 3.05) is 31.1 Å². The third-order valence-electron chi connectivity index (χ3n) is 5.45. The van der Waals surface area contributed by atoms with Gasteiger partial charge >= 0.3 is 0 Å². The quantitative estimate of drug-likeness (QED) is 0.786. The van der Waals surface area contributed by atoms with Gasteiger partial charge in [0.25, 0.3) is 0 Å². The van der Waals surface area contributed by atoms with Gasteiger partial charge in [0.15, 0.2) is 5.13 Å². The molecule has 2 aliphatic rings. The summed E-state index contributed by atoms with van der Waals surface area (Å²) >= 11 is 7.92. The number of fused-ring (bicyclic) bond motifs is 1. The molecular weight excluding hydrogens is 354 g/mol. The largest absolute Gasteiger partial charge is 0.345 e. The third kappa shape index (κ3) is 3.77. The third-order valence-corrected chi connectivity index (χ3v) is 6.84. The average molecular weight is 378 g/mol. The van der Waals surface area contributed by atoms with Crippen molar-refractivity contribution in [3.8, 4) is 0 Å². The van der Waals surface area contributed by atoms with Gasteiger partial charge < -0.3 is 9.80 Å². The van der Waals surface area contributed by atoms with Gasteiger partial charge in [-0.2, -0.15) is 0 Å². The summed E-state index contributed by atoms with van der Waals surface area (Å²) < 4.78 is 1.12. The number of amides is 1. The van der Waals surface area contributed by atoms with Crippen molar-refractivity contribution < 1.29 is 4.79 Å². The summed E-state index contributed by atoms with van der Waals surface area (Å²) in [5, 5.41) is 1.73. The number of halogens is 1. The van der Waals surface area contributed by atoms with E-state index in [1.165, 1.54) is 32.1 Å². The van der Waals surface area contributed by atoms with Crippen LogP contribution in [-0.4, -0.2) is 42.0 Å². The highest BCUT2D eigenvalue weighted by Crippen LogP contribution is 2.33. The molecule has 0 spiro atoms. The van der Waals surface area contributed by atoms with Gasteiger partial charge in [-0.3, -0.25) is 4.79 Å². The molecule has 6 heteroatoms. The van der Waals surface area contributed by atoms with Gasteiger partial charge in [0.05, 0.1) is 9.72 Å². The van der Waals surface area contributed by atoms with Crippen molar-refractivity contribution in [2.24, 2.45) is 5.92 Å². The fourth-order valence-corrected chi connectivity index (χ4v) is 5.27. The van der Waals surface area contributed by atoms with Gasteiger partial charge in [-0.05, 0) is 30.9 Å². The van der Waals surface area contributed by atoms with Crippen LogP contribution < -0.4 is 4.90 Å². The molecule has 1 saturated carbocycles. The Morgan fingerprint density at radius 3 is 2.64 bits per heavy atom. The lowest BCUT2D eigenvalue weighted by atomic mass is 9.86. The van der Waals surface area contributed by atoms with Crippen LogP contribution in [0.5, 0.6) is 0 Å². The number of thiazole rings is 1. The number of hydrogen-bond acceptors (Lipinski definition) is 4. The number of benzene rings is 1. The molecule has 4 rings (SSSR count). The smallest absolute Gasteiger partial charge is 0.222 e. The highest BCUT2D eigenvalue weighted by Gasteiger charge is 2.25. The summed E-state index contributed by atoms with van der Waals surface area (Å²) in [7, 11) is 0. The number of nitrogens with zero attached hydrogens (tertiary/aromatic N) is 3. The number of carbonyl (C=O) groups is 1. The number of carbonyl (C=O) groups excluding carboxylic acids is 1. The fourth-order valence-electron chi connectivity index (χ4n) is 3.95. The fraction of sp³-hybridized carbons (Fsp3) is 0.579. The van der Waals surface area contributed by atoms with Crippen LogP contribution in [0.15, 0.2) is 18.2 Å². The SMILES string of the molecule is O=C(CC1CCCCC1)N1CCN(c2nc3c(Cl)cccc3s2)CC1. The standard InChI is InChI=1S/C19H24ClN3OS/c20-15-7-4-8-16-18(15)21-19(25-16)23-11-9-22(10-12-23)17(24)13-14-5-2-1-3-6-14/h4,7-8,14H,1-3,5-6,9-13H2. The molecule has 1 saturated heterocycles. The summed E-state index contributed by atoms with van der Waals surface area (Å²) in [6.07, 6.45) is 7.15. The molecule has 1 aromatic heterocycles. The first-order valence-electron chi connectivity index (χ1n) is 9.28. The zero-order valence-corrected chi connectivity index (χ0v) is 16.0. The van der Waals surface area contributed by atoms with E-state index in [-0.39, 0.29) is 0 Å². The molecule has 4 nitrogen and oxygen atoms in total. The summed E-state index contributed by atoms with van der Waals surface area (Å²) in [5.41, 5.74) is 0.889. The molecule has 2 fully saturated rings. The van der Waals surface area contributed by atoms with Crippen LogP contribution in [0.4, 0.5) is 5.13 Å². The number of rotatable bonds is 3. The molecule has 0 N–H and O–H groups in total. The van der Waals surface area contributed by atoms with E-state index in [9.17, 15) is 4.79 Å². The molecule has 2 heterocycles. The first-order chi connectivity index (χ1) is 12.2. The van der Waals surface area contributed by atoms with Gasteiger partial charge in [0.1, 0.15) is 5.52 Å². The second-order valence-corrected chi connectivity index (χ2v) is 8.58. The zero-order valence-electron chi connectivity index (χ0n) is 14.4. The number of anilines is 1. The molecule has 1 amide bonds. The molecular formula is C19H24ClN3OS. The van der Waals surface area contributed by atoms with Crippen LogP contribution in [0, 0.1) is 5.92 Å². The van der Waals surface area contributed by atoms with E-state index in [1.807, 2.05) is 17.0 Å². The Balaban J connectivity index is 1.35. The molecule has 0 radical (unpaired) electrons. The Bertz CT molecular complexity index is 748. The van der Waals surface area contributed by atoms with Crippen LogP contribution in [-0.2, 0) is 4.79 Å². The molecule has 0 bridgehead atoms. The highest BCUT2D eigenvalue weighted by atomic mass is 35.5. The minimum atomic E-state index is 0.346. The molecule has 0 unspecified atom stereocenters. The zero-order chi connectivity index (χ0) is 17.2. The Morgan fingerprint density at radius 2 is 1.92 bits per heavy atom.